The van der Waals surface area contributed by atoms with Crippen molar-refractivity contribution >= 4 is 39.1 Å². The van der Waals surface area contributed by atoms with Crippen LogP contribution in [-0.4, -0.2) is 51.4 Å². The molecule has 3 aromatic rings. The second-order valence-corrected chi connectivity index (χ2v) is 11.0. The molecular weight excluding hydrogens is 526 g/mol. The van der Waals surface area contributed by atoms with Crippen LogP contribution >= 0.6 is 11.6 Å². The molecule has 10 heteroatoms. The first-order valence-electron chi connectivity index (χ1n) is 12.1. The lowest BCUT2D eigenvalue weighted by Gasteiger charge is -2.32. The van der Waals surface area contributed by atoms with E-state index in [1.165, 1.54) is 24.1 Å². The Hall–Kier alpha value is -3.56. The van der Waals surface area contributed by atoms with Crippen LogP contribution in [0.4, 0.5) is 5.69 Å². The molecule has 0 spiro atoms. The summed E-state index contributed by atoms with van der Waals surface area (Å²) in [5.74, 6) is -0.493. The molecule has 3 rings (SSSR count). The zero-order valence-electron chi connectivity index (χ0n) is 21.8. The number of carbonyl (C=O) groups excluding carboxylic acids is 2. The summed E-state index contributed by atoms with van der Waals surface area (Å²) in [5, 5.41) is 3.16. The largest absolute Gasteiger partial charge is 0.497 e. The molecule has 3 aromatic carbocycles. The molecule has 1 atom stereocenters. The summed E-state index contributed by atoms with van der Waals surface area (Å²) in [6.07, 6.45) is 0. The summed E-state index contributed by atoms with van der Waals surface area (Å²) in [5.41, 5.74) is 1.78. The van der Waals surface area contributed by atoms with Crippen molar-refractivity contribution in [3.63, 3.8) is 0 Å². The molecule has 202 valence electrons. The Bertz CT molecular complexity index is 1380. The fourth-order valence-corrected chi connectivity index (χ4v) is 5.45. The van der Waals surface area contributed by atoms with Gasteiger partial charge in [-0.15, -0.1) is 0 Å². The molecule has 38 heavy (non-hydrogen) atoms. The van der Waals surface area contributed by atoms with Crippen molar-refractivity contribution in [3.05, 3.63) is 88.9 Å². The number of aryl methyl sites for hydroxylation is 1. The number of halogens is 1. The first kappa shape index (κ1) is 29.0. The molecule has 2 amide bonds. The van der Waals surface area contributed by atoms with E-state index in [9.17, 15) is 18.0 Å². The number of likely N-dealkylation sites (N-methyl/N-ethyl adjacent to an activating group) is 1. The van der Waals surface area contributed by atoms with Crippen molar-refractivity contribution in [2.75, 3.05) is 24.5 Å². The number of anilines is 1. The molecule has 0 aliphatic carbocycles. The Morgan fingerprint density at radius 3 is 2.34 bits per heavy atom. The first-order valence-corrected chi connectivity index (χ1v) is 13.9. The summed E-state index contributed by atoms with van der Waals surface area (Å²) < 4.78 is 34.0. The molecule has 0 bridgehead atoms. The minimum Gasteiger partial charge on any atom is -0.497 e. The first-order chi connectivity index (χ1) is 18.1. The van der Waals surface area contributed by atoms with Gasteiger partial charge < -0.3 is 15.0 Å². The third-order valence-corrected chi connectivity index (χ3v) is 8.20. The quantitative estimate of drug-likeness (QED) is 0.377. The van der Waals surface area contributed by atoms with Crippen LogP contribution in [0.5, 0.6) is 5.75 Å². The van der Waals surface area contributed by atoms with Gasteiger partial charge in [0.15, 0.2) is 0 Å². The Morgan fingerprint density at radius 1 is 1.03 bits per heavy atom. The van der Waals surface area contributed by atoms with E-state index < -0.39 is 28.5 Å². The van der Waals surface area contributed by atoms with E-state index >= 15 is 0 Å². The number of nitrogens with one attached hydrogen (secondary N) is 1. The van der Waals surface area contributed by atoms with Gasteiger partial charge >= 0.3 is 0 Å². The summed E-state index contributed by atoms with van der Waals surface area (Å²) in [6, 6.07) is 19.0. The maximum atomic E-state index is 13.8. The minimum atomic E-state index is -4.16. The summed E-state index contributed by atoms with van der Waals surface area (Å²) in [7, 11) is -2.68. The summed E-state index contributed by atoms with van der Waals surface area (Å²) in [4.78, 5) is 28.0. The Kier molecular flexibility index (Phi) is 9.77. The molecule has 0 radical (unpaired) electrons. The van der Waals surface area contributed by atoms with Gasteiger partial charge in [0.1, 0.15) is 18.3 Å². The van der Waals surface area contributed by atoms with Crippen LogP contribution in [0, 0.1) is 6.92 Å². The molecular formula is C28H32ClN3O5S. The van der Waals surface area contributed by atoms with E-state index in [0.717, 1.165) is 9.87 Å². The van der Waals surface area contributed by atoms with Crippen molar-refractivity contribution in [3.8, 4) is 5.75 Å². The number of hydrogen-bond acceptors (Lipinski definition) is 5. The molecule has 1 N–H and O–H groups in total. The third-order valence-electron chi connectivity index (χ3n) is 6.05. The topological polar surface area (TPSA) is 96.0 Å². The molecule has 0 aromatic heterocycles. The van der Waals surface area contributed by atoms with Crippen molar-refractivity contribution in [1.82, 2.24) is 10.2 Å². The number of methoxy groups -OCH3 is 1. The molecule has 8 nitrogen and oxygen atoms in total. The van der Waals surface area contributed by atoms with Crippen LogP contribution in [0.3, 0.4) is 0 Å². The van der Waals surface area contributed by atoms with Gasteiger partial charge in [-0.1, -0.05) is 53.6 Å². The van der Waals surface area contributed by atoms with E-state index in [4.69, 9.17) is 16.3 Å². The van der Waals surface area contributed by atoms with Crippen molar-refractivity contribution in [1.29, 1.82) is 0 Å². The predicted molar refractivity (Wildman–Crippen MR) is 149 cm³/mol. The van der Waals surface area contributed by atoms with Crippen molar-refractivity contribution in [2.45, 2.75) is 38.3 Å². The number of carbonyl (C=O) groups is 2. The summed E-state index contributed by atoms with van der Waals surface area (Å²) >= 11 is 6.36. The van der Waals surface area contributed by atoms with E-state index in [2.05, 4.69) is 5.32 Å². The fraction of sp³-hybridized carbons (Fsp3) is 0.286. The Labute approximate surface area is 229 Å². The lowest BCUT2D eigenvalue weighted by molar-refractivity contribution is -0.139. The van der Waals surface area contributed by atoms with Crippen LogP contribution in [0.15, 0.2) is 77.7 Å². The number of rotatable bonds is 11. The van der Waals surface area contributed by atoms with Gasteiger partial charge in [-0.2, -0.15) is 0 Å². The van der Waals surface area contributed by atoms with Crippen molar-refractivity contribution < 1.29 is 22.7 Å². The normalized spacial score (nSPS) is 11.9. The van der Waals surface area contributed by atoms with E-state index in [-0.39, 0.29) is 23.0 Å². The molecule has 0 heterocycles. The van der Waals surface area contributed by atoms with Crippen molar-refractivity contribution in [2.24, 2.45) is 0 Å². The van der Waals surface area contributed by atoms with Crippen LogP contribution in [0.2, 0.25) is 5.02 Å². The second-order valence-electron chi connectivity index (χ2n) is 8.71. The third kappa shape index (κ3) is 6.85. The number of nitrogens with zero attached hydrogens (tertiary/aromatic N) is 2. The van der Waals surface area contributed by atoms with Gasteiger partial charge in [0, 0.05) is 24.2 Å². The number of ether oxygens (including phenoxy) is 1. The van der Waals surface area contributed by atoms with Crippen LogP contribution in [0.25, 0.3) is 0 Å². The molecule has 0 saturated heterocycles. The second kappa shape index (κ2) is 12.8. The Balaban J connectivity index is 2.06. The standard InChI is InChI=1S/C28H32ClN3O5S/c1-5-30-28(34)21(3)31(18-22-9-6-7-12-26(22)29)27(33)19-32(23-10-8-11-24(17-23)37-4)38(35,36)25-15-13-20(2)14-16-25/h6-17,21H,5,18-19H2,1-4H3,(H,30,34). The lowest BCUT2D eigenvalue weighted by Crippen LogP contribution is -2.51. The smallest absolute Gasteiger partial charge is 0.264 e. The average molecular weight is 558 g/mol. The van der Waals surface area contributed by atoms with Crippen LogP contribution in [0.1, 0.15) is 25.0 Å². The van der Waals surface area contributed by atoms with Gasteiger partial charge in [0.25, 0.3) is 10.0 Å². The SMILES string of the molecule is CCNC(=O)C(C)N(Cc1ccccc1Cl)C(=O)CN(c1cccc(OC)c1)S(=O)(=O)c1ccc(C)cc1. The zero-order valence-corrected chi connectivity index (χ0v) is 23.4. The van der Waals surface area contributed by atoms with Crippen LogP contribution < -0.4 is 14.4 Å². The van der Waals surface area contributed by atoms with E-state index in [1.807, 2.05) is 6.92 Å². The minimum absolute atomic E-state index is 0.0212. The number of sulfonamides is 1. The van der Waals surface area contributed by atoms with E-state index in [0.29, 0.717) is 22.9 Å². The van der Waals surface area contributed by atoms with Gasteiger partial charge in [0.2, 0.25) is 11.8 Å². The Morgan fingerprint density at radius 2 is 1.71 bits per heavy atom. The molecule has 0 saturated carbocycles. The lowest BCUT2D eigenvalue weighted by atomic mass is 10.1. The van der Waals surface area contributed by atoms with Gasteiger partial charge in [-0.05, 0) is 56.7 Å². The predicted octanol–water partition coefficient (Wildman–Crippen LogP) is 4.41. The van der Waals surface area contributed by atoms with Crippen LogP contribution in [-0.2, 0) is 26.2 Å². The highest BCUT2D eigenvalue weighted by molar-refractivity contribution is 7.92. The fourth-order valence-electron chi connectivity index (χ4n) is 3.85. The maximum Gasteiger partial charge on any atom is 0.264 e. The average Bonchev–Trinajstić information content (AvgIpc) is 2.91. The molecule has 0 aliphatic rings. The molecule has 0 aliphatic heterocycles. The maximum absolute atomic E-state index is 13.8. The van der Waals surface area contributed by atoms with E-state index in [1.54, 1.807) is 74.5 Å². The van der Waals surface area contributed by atoms with Gasteiger partial charge in [-0.25, -0.2) is 8.42 Å². The van der Waals surface area contributed by atoms with Gasteiger partial charge in [0.05, 0.1) is 17.7 Å². The highest BCUT2D eigenvalue weighted by Gasteiger charge is 2.32. The zero-order chi connectivity index (χ0) is 27.9. The summed E-state index contributed by atoms with van der Waals surface area (Å²) in [6.45, 7) is 5.10. The number of benzene rings is 3. The monoisotopic (exact) mass is 557 g/mol. The highest BCUT2D eigenvalue weighted by atomic mass is 35.5. The van der Waals surface area contributed by atoms with Gasteiger partial charge in [-0.3, -0.25) is 13.9 Å². The highest BCUT2D eigenvalue weighted by Crippen LogP contribution is 2.28. The number of hydrogen-bond donors (Lipinski definition) is 1. The molecule has 1 unspecified atom stereocenters. The number of amides is 2. The molecule has 0 fully saturated rings.